The van der Waals surface area contributed by atoms with Crippen LogP contribution < -0.4 is 5.32 Å². The summed E-state index contributed by atoms with van der Waals surface area (Å²) in [7, 11) is -3.42. The molecule has 3 heterocycles. The average Bonchev–Trinajstić information content (AvgIpc) is 2.63. The van der Waals surface area contributed by atoms with Crippen molar-refractivity contribution in [2.24, 2.45) is 0 Å². The second-order valence-corrected chi connectivity index (χ2v) is 7.19. The Morgan fingerprint density at radius 2 is 2.14 bits per heavy atom. The van der Waals surface area contributed by atoms with Crippen molar-refractivity contribution in [1.29, 1.82) is 0 Å². The highest BCUT2D eigenvalue weighted by atomic mass is 32.2. The largest absolute Gasteiger partial charge is 0.311 e. The summed E-state index contributed by atoms with van der Waals surface area (Å²) in [5.41, 5.74) is 0.873. The van der Waals surface area contributed by atoms with Crippen LogP contribution in [0.4, 0.5) is 0 Å². The summed E-state index contributed by atoms with van der Waals surface area (Å²) in [6.07, 6.45) is 7.34. The van der Waals surface area contributed by atoms with Crippen LogP contribution in [0.25, 0.3) is 10.8 Å². The molecule has 0 unspecified atom stereocenters. The number of aromatic nitrogens is 1. The van der Waals surface area contributed by atoms with E-state index >= 15 is 0 Å². The predicted octanol–water partition coefficient (Wildman–Crippen LogP) is 1.44. The summed E-state index contributed by atoms with van der Waals surface area (Å²) >= 11 is 0. The number of nitrogens with zero attached hydrogens (tertiary/aromatic N) is 2. The van der Waals surface area contributed by atoms with Gasteiger partial charge in [-0.25, -0.2) is 8.42 Å². The quantitative estimate of drug-likeness (QED) is 0.748. The zero-order chi connectivity index (χ0) is 14.4. The summed E-state index contributed by atoms with van der Waals surface area (Å²) in [5.74, 6) is 0. The number of rotatable bonds is 0. The fourth-order valence-corrected chi connectivity index (χ4v) is 4.89. The van der Waals surface area contributed by atoms with Gasteiger partial charge in [0.1, 0.15) is 0 Å². The number of hydrogen-bond donors (Lipinski definition) is 1. The molecule has 1 aromatic heterocycles. The Morgan fingerprint density at radius 3 is 3.05 bits per heavy atom. The fourth-order valence-electron chi connectivity index (χ4n) is 3.07. The lowest BCUT2D eigenvalue weighted by Gasteiger charge is -2.24. The molecule has 21 heavy (non-hydrogen) atoms. The maximum Gasteiger partial charge on any atom is 0.244 e. The number of nitrogens with one attached hydrogen (secondary N) is 1. The maximum atomic E-state index is 12.8. The van der Waals surface area contributed by atoms with Gasteiger partial charge in [-0.15, -0.1) is 0 Å². The van der Waals surface area contributed by atoms with Crippen molar-refractivity contribution in [3.8, 4) is 0 Å². The Bertz CT molecular complexity index is 845. The number of pyridine rings is 1. The van der Waals surface area contributed by atoms with Gasteiger partial charge in [0.05, 0.1) is 10.9 Å². The highest BCUT2D eigenvalue weighted by Crippen LogP contribution is 2.41. The zero-order valence-electron chi connectivity index (χ0n) is 11.4. The van der Waals surface area contributed by atoms with E-state index in [4.69, 9.17) is 0 Å². The van der Waals surface area contributed by atoms with Gasteiger partial charge in [-0.2, -0.15) is 4.31 Å². The summed E-state index contributed by atoms with van der Waals surface area (Å²) < 4.78 is 27.1. The van der Waals surface area contributed by atoms with Gasteiger partial charge in [0, 0.05) is 37.4 Å². The summed E-state index contributed by atoms with van der Waals surface area (Å²) in [6, 6.07) is 5.45. The van der Waals surface area contributed by atoms with E-state index in [0.717, 1.165) is 22.9 Å². The van der Waals surface area contributed by atoms with E-state index in [9.17, 15) is 8.42 Å². The van der Waals surface area contributed by atoms with Crippen LogP contribution in [0, 0.1) is 0 Å². The van der Waals surface area contributed by atoms with Crippen molar-refractivity contribution in [3.05, 3.63) is 48.3 Å². The van der Waals surface area contributed by atoms with Gasteiger partial charge in [-0.1, -0.05) is 12.2 Å². The van der Waals surface area contributed by atoms with Gasteiger partial charge in [-0.3, -0.25) is 4.98 Å². The molecule has 0 radical (unpaired) electrons. The Balaban J connectivity index is 1.97. The minimum atomic E-state index is -3.42. The highest BCUT2D eigenvalue weighted by molar-refractivity contribution is 7.89. The predicted molar refractivity (Wildman–Crippen MR) is 80.4 cm³/mol. The van der Waals surface area contributed by atoms with Crippen LogP contribution in [0.5, 0.6) is 0 Å². The van der Waals surface area contributed by atoms with Crippen LogP contribution in [-0.2, 0) is 10.0 Å². The molecule has 1 aromatic carbocycles. The third-order valence-electron chi connectivity index (χ3n) is 4.11. The van der Waals surface area contributed by atoms with Crippen molar-refractivity contribution in [2.45, 2.75) is 10.9 Å². The maximum absolute atomic E-state index is 12.8. The molecular formula is C15H15N3O2S. The molecule has 0 spiro atoms. The van der Waals surface area contributed by atoms with Gasteiger partial charge in [0.2, 0.25) is 10.0 Å². The molecule has 0 amide bonds. The second kappa shape index (κ2) is 4.62. The van der Waals surface area contributed by atoms with Gasteiger partial charge in [-0.05, 0) is 29.1 Å². The first kappa shape index (κ1) is 12.9. The first-order chi connectivity index (χ1) is 10.2. The van der Waals surface area contributed by atoms with E-state index in [1.807, 2.05) is 24.3 Å². The Labute approximate surface area is 123 Å². The highest BCUT2D eigenvalue weighted by Gasteiger charge is 2.42. The van der Waals surface area contributed by atoms with E-state index < -0.39 is 10.0 Å². The van der Waals surface area contributed by atoms with Gasteiger partial charge >= 0.3 is 0 Å². The summed E-state index contributed by atoms with van der Waals surface area (Å²) in [4.78, 5) is 4.56. The molecule has 0 saturated carbocycles. The zero-order valence-corrected chi connectivity index (χ0v) is 12.2. The van der Waals surface area contributed by atoms with Gasteiger partial charge in [0.15, 0.2) is 0 Å². The molecule has 1 atom stereocenters. The van der Waals surface area contributed by atoms with E-state index in [1.54, 1.807) is 22.8 Å². The molecule has 0 fully saturated rings. The molecule has 1 N–H and O–H groups in total. The molecule has 6 heteroatoms. The number of fused-ring (bicyclic) bond motifs is 4. The standard InChI is InChI=1S/C15H15N3O2S/c19-21(20)15-8-11-3-5-17-9-12(11)7-13(15)14-10-16-4-1-2-6-18(14)21/h1-3,5,7-9,14,16H,4,6,10H2/b2-1-/t14-/m0/s1. The summed E-state index contributed by atoms with van der Waals surface area (Å²) in [6.45, 7) is 1.83. The molecule has 2 aliphatic heterocycles. The Morgan fingerprint density at radius 1 is 1.24 bits per heavy atom. The van der Waals surface area contributed by atoms with Crippen molar-refractivity contribution in [1.82, 2.24) is 14.6 Å². The van der Waals surface area contributed by atoms with Crippen LogP contribution >= 0.6 is 0 Å². The van der Waals surface area contributed by atoms with E-state index in [0.29, 0.717) is 18.0 Å². The monoisotopic (exact) mass is 301 g/mol. The van der Waals surface area contributed by atoms with E-state index in [2.05, 4.69) is 10.3 Å². The van der Waals surface area contributed by atoms with Crippen molar-refractivity contribution < 1.29 is 8.42 Å². The van der Waals surface area contributed by atoms with Crippen molar-refractivity contribution in [3.63, 3.8) is 0 Å². The lowest BCUT2D eigenvalue weighted by Crippen LogP contribution is -2.36. The minimum absolute atomic E-state index is 0.139. The Hall–Kier alpha value is -1.76. The fraction of sp³-hybridized carbons (Fsp3) is 0.267. The molecule has 108 valence electrons. The van der Waals surface area contributed by atoms with E-state index in [1.165, 1.54) is 0 Å². The number of benzene rings is 1. The lowest BCUT2D eigenvalue weighted by atomic mass is 10.0. The molecule has 2 aromatic rings. The van der Waals surface area contributed by atoms with E-state index in [-0.39, 0.29) is 6.04 Å². The summed E-state index contributed by atoms with van der Waals surface area (Å²) in [5, 5.41) is 5.16. The number of sulfonamides is 1. The second-order valence-electron chi connectivity index (χ2n) is 5.33. The topological polar surface area (TPSA) is 62.3 Å². The minimum Gasteiger partial charge on any atom is -0.311 e. The first-order valence-corrected chi connectivity index (χ1v) is 8.37. The molecule has 4 rings (SSSR count). The van der Waals surface area contributed by atoms with Crippen LogP contribution in [0.2, 0.25) is 0 Å². The smallest absolute Gasteiger partial charge is 0.244 e. The first-order valence-electron chi connectivity index (χ1n) is 6.93. The SMILES string of the molecule is O=S1(=O)c2cc3ccncc3cc2[C@@H]2CNC/C=C\CN21. The number of hydrogen-bond acceptors (Lipinski definition) is 4. The molecule has 0 saturated heterocycles. The van der Waals surface area contributed by atoms with Crippen LogP contribution in [0.3, 0.4) is 0 Å². The van der Waals surface area contributed by atoms with Crippen molar-refractivity contribution in [2.75, 3.05) is 19.6 Å². The van der Waals surface area contributed by atoms with Crippen molar-refractivity contribution >= 4 is 20.8 Å². The molecule has 5 nitrogen and oxygen atoms in total. The van der Waals surface area contributed by atoms with Crippen LogP contribution in [0.1, 0.15) is 11.6 Å². The average molecular weight is 301 g/mol. The van der Waals surface area contributed by atoms with Gasteiger partial charge < -0.3 is 5.32 Å². The third kappa shape index (κ3) is 1.91. The Kier molecular flexibility index (Phi) is 2.85. The molecule has 0 bridgehead atoms. The molecule has 2 aliphatic rings. The molecular weight excluding hydrogens is 286 g/mol. The molecule has 0 aliphatic carbocycles. The normalized spacial score (nSPS) is 25.8. The van der Waals surface area contributed by atoms with Gasteiger partial charge in [0.25, 0.3) is 0 Å². The third-order valence-corrected chi connectivity index (χ3v) is 6.04. The lowest BCUT2D eigenvalue weighted by molar-refractivity contribution is 0.352. The van der Waals surface area contributed by atoms with Crippen LogP contribution in [0.15, 0.2) is 47.6 Å². The van der Waals surface area contributed by atoms with Crippen LogP contribution in [-0.4, -0.2) is 37.3 Å².